The number of rotatable bonds is 4. The van der Waals surface area contributed by atoms with Gasteiger partial charge in [0.15, 0.2) is 0 Å². The van der Waals surface area contributed by atoms with E-state index in [2.05, 4.69) is 4.98 Å². The summed E-state index contributed by atoms with van der Waals surface area (Å²) in [5, 5.41) is 9.25. The van der Waals surface area contributed by atoms with Crippen molar-refractivity contribution in [1.82, 2.24) is 4.98 Å². The van der Waals surface area contributed by atoms with Gasteiger partial charge < -0.3 is 4.90 Å². The normalized spacial score (nSPS) is 9.96. The molecule has 4 heteroatoms. The van der Waals surface area contributed by atoms with E-state index < -0.39 is 0 Å². The standard InChI is InChI=1S/C20H15N3O/c21-13-17-14-22-12-11-19(17)20(24)23(18-9-5-2-6-10-18)15-16-7-3-1-4-8-16/h1-12,14H,15H2. The second-order valence-corrected chi connectivity index (χ2v) is 5.25. The van der Waals surface area contributed by atoms with Crippen LogP contribution < -0.4 is 4.90 Å². The first-order valence-corrected chi connectivity index (χ1v) is 7.54. The number of hydrogen-bond donors (Lipinski definition) is 0. The van der Waals surface area contributed by atoms with Crippen LogP contribution in [0.4, 0.5) is 5.69 Å². The van der Waals surface area contributed by atoms with Gasteiger partial charge in [-0.2, -0.15) is 5.26 Å². The number of hydrogen-bond acceptors (Lipinski definition) is 3. The van der Waals surface area contributed by atoms with Crippen molar-refractivity contribution in [2.75, 3.05) is 4.90 Å². The predicted molar refractivity (Wildman–Crippen MR) is 92.3 cm³/mol. The average Bonchev–Trinajstić information content (AvgIpc) is 2.67. The molecule has 0 saturated carbocycles. The second kappa shape index (κ2) is 7.21. The predicted octanol–water partition coefficient (Wildman–Crippen LogP) is 3.80. The zero-order valence-electron chi connectivity index (χ0n) is 13.0. The highest BCUT2D eigenvalue weighted by Gasteiger charge is 2.20. The van der Waals surface area contributed by atoms with Crippen molar-refractivity contribution in [2.24, 2.45) is 0 Å². The number of nitriles is 1. The van der Waals surface area contributed by atoms with Crippen LogP contribution in [0.25, 0.3) is 0 Å². The van der Waals surface area contributed by atoms with Gasteiger partial charge in [-0.25, -0.2) is 0 Å². The number of amides is 1. The summed E-state index contributed by atoms with van der Waals surface area (Å²) in [6.07, 6.45) is 2.94. The number of para-hydroxylation sites is 1. The number of carbonyl (C=O) groups excluding carboxylic acids is 1. The smallest absolute Gasteiger partial charge is 0.260 e. The zero-order chi connectivity index (χ0) is 16.8. The molecule has 1 heterocycles. The maximum atomic E-state index is 13.1. The maximum Gasteiger partial charge on any atom is 0.260 e. The van der Waals surface area contributed by atoms with Crippen molar-refractivity contribution in [3.05, 3.63) is 95.8 Å². The molecule has 1 aromatic heterocycles. The molecule has 4 nitrogen and oxygen atoms in total. The van der Waals surface area contributed by atoms with Crippen LogP contribution >= 0.6 is 0 Å². The Kier molecular flexibility index (Phi) is 4.64. The number of benzene rings is 2. The van der Waals surface area contributed by atoms with E-state index in [1.165, 1.54) is 12.4 Å². The zero-order valence-corrected chi connectivity index (χ0v) is 13.0. The van der Waals surface area contributed by atoms with Crippen molar-refractivity contribution >= 4 is 11.6 Å². The van der Waals surface area contributed by atoms with Crippen LogP contribution in [-0.4, -0.2) is 10.9 Å². The highest BCUT2D eigenvalue weighted by atomic mass is 16.2. The summed E-state index contributed by atoms with van der Waals surface area (Å²) in [5.41, 5.74) is 2.43. The van der Waals surface area contributed by atoms with Gasteiger partial charge in [-0.05, 0) is 23.8 Å². The molecule has 1 amide bonds. The van der Waals surface area contributed by atoms with Crippen molar-refractivity contribution in [1.29, 1.82) is 5.26 Å². The van der Waals surface area contributed by atoms with Gasteiger partial charge in [0, 0.05) is 18.1 Å². The van der Waals surface area contributed by atoms with Crippen LogP contribution in [0.3, 0.4) is 0 Å². The van der Waals surface area contributed by atoms with E-state index in [9.17, 15) is 10.1 Å². The lowest BCUT2D eigenvalue weighted by Crippen LogP contribution is -2.31. The lowest BCUT2D eigenvalue weighted by molar-refractivity contribution is 0.0985. The van der Waals surface area contributed by atoms with Crippen molar-refractivity contribution in [3.8, 4) is 6.07 Å². The second-order valence-electron chi connectivity index (χ2n) is 5.25. The van der Waals surface area contributed by atoms with Crippen LogP contribution in [0.1, 0.15) is 21.5 Å². The van der Waals surface area contributed by atoms with E-state index >= 15 is 0 Å². The van der Waals surface area contributed by atoms with Gasteiger partial charge in [0.1, 0.15) is 6.07 Å². The Bertz CT molecular complexity index is 870. The quantitative estimate of drug-likeness (QED) is 0.736. The minimum atomic E-state index is -0.219. The molecule has 0 aliphatic rings. The van der Waals surface area contributed by atoms with Crippen molar-refractivity contribution in [2.45, 2.75) is 6.54 Å². The summed E-state index contributed by atoms with van der Waals surface area (Å²) in [7, 11) is 0. The molecule has 0 bridgehead atoms. The summed E-state index contributed by atoms with van der Waals surface area (Å²) in [6.45, 7) is 0.427. The van der Waals surface area contributed by atoms with E-state index in [0.29, 0.717) is 12.1 Å². The van der Waals surface area contributed by atoms with Gasteiger partial charge in [0.25, 0.3) is 5.91 Å². The summed E-state index contributed by atoms with van der Waals surface area (Å²) in [6, 6.07) is 22.8. The van der Waals surface area contributed by atoms with Gasteiger partial charge in [0.2, 0.25) is 0 Å². The van der Waals surface area contributed by atoms with Gasteiger partial charge in [-0.15, -0.1) is 0 Å². The number of aromatic nitrogens is 1. The molecule has 0 unspecified atom stereocenters. The summed E-state index contributed by atoms with van der Waals surface area (Å²) in [4.78, 5) is 18.7. The SMILES string of the molecule is N#Cc1cnccc1C(=O)N(Cc1ccccc1)c1ccccc1. The third-order valence-corrected chi connectivity index (χ3v) is 3.67. The van der Waals surface area contributed by atoms with Gasteiger partial charge >= 0.3 is 0 Å². The molecule has 0 saturated heterocycles. The van der Waals surface area contributed by atoms with Crippen LogP contribution in [0, 0.1) is 11.3 Å². The van der Waals surface area contributed by atoms with E-state index in [1.54, 1.807) is 11.0 Å². The van der Waals surface area contributed by atoms with E-state index in [1.807, 2.05) is 66.7 Å². The third-order valence-electron chi connectivity index (χ3n) is 3.67. The fraction of sp³-hybridized carbons (Fsp3) is 0.0500. The van der Waals surface area contributed by atoms with Crippen LogP contribution in [-0.2, 0) is 6.54 Å². The third kappa shape index (κ3) is 3.31. The molecular weight excluding hydrogens is 298 g/mol. The van der Waals surface area contributed by atoms with Gasteiger partial charge in [-0.3, -0.25) is 9.78 Å². The summed E-state index contributed by atoms with van der Waals surface area (Å²) >= 11 is 0. The Morgan fingerprint density at radius 3 is 2.33 bits per heavy atom. The Balaban J connectivity index is 2.01. The molecule has 24 heavy (non-hydrogen) atoms. The molecule has 0 fully saturated rings. The van der Waals surface area contributed by atoms with Crippen molar-refractivity contribution in [3.63, 3.8) is 0 Å². The molecule has 2 aromatic carbocycles. The first-order chi connectivity index (χ1) is 11.8. The molecule has 3 rings (SSSR count). The fourth-order valence-corrected chi connectivity index (χ4v) is 2.47. The van der Waals surface area contributed by atoms with Crippen LogP contribution in [0.2, 0.25) is 0 Å². The highest BCUT2D eigenvalue weighted by Crippen LogP contribution is 2.21. The van der Waals surface area contributed by atoms with Gasteiger partial charge in [-0.1, -0.05) is 48.5 Å². The summed E-state index contributed by atoms with van der Waals surface area (Å²) in [5.74, 6) is -0.219. The number of anilines is 1. The van der Waals surface area contributed by atoms with E-state index in [0.717, 1.165) is 11.3 Å². The molecule has 3 aromatic rings. The number of nitrogens with zero attached hydrogens (tertiary/aromatic N) is 3. The minimum absolute atomic E-state index is 0.219. The Morgan fingerprint density at radius 1 is 1.00 bits per heavy atom. The summed E-state index contributed by atoms with van der Waals surface area (Å²) < 4.78 is 0. The molecule has 0 aliphatic heterocycles. The fourth-order valence-electron chi connectivity index (χ4n) is 2.47. The largest absolute Gasteiger partial charge is 0.304 e. The average molecular weight is 313 g/mol. The molecule has 0 N–H and O–H groups in total. The number of pyridine rings is 1. The minimum Gasteiger partial charge on any atom is -0.304 e. The van der Waals surface area contributed by atoms with E-state index in [4.69, 9.17) is 0 Å². The molecule has 0 aliphatic carbocycles. The first-order valence-electron chi connectivity index (χ1n) is 7.54. The molecule has 0 radical (unpaired) electrons. The Morgan fingerprint density at radius 2 is 1.67 bits per heavy atom. The lowest BCUT2D eigenvalue weighted by atomic mass is 10.1. The molecular formula is C20H15N3O. The molecule has 0 spiro atoms. The molecule has 0 atom stereocenters. The van der Waals surface area contributed by atoms with Crippen LogP contribution in [0.15, 0.2) is 79.1 Å². The Labute approximate surface area is 140 Å². The lowest BCUT2D eigenvalue weighted by Gasteiger charge is -2.23. The van der Waals surface area contributed by atoms with E-state index in [-0.39, 0.29) is 11.5 Å². The van der Waals surface area contributed by atoms with Crippen molar-refractivity contribution < 1.29 is 4.79 Å². The molecule has 116 valence electrons. The maximum absolute atomic E-state index is 13.1. The van der Waals surface area contributed by atoms with Gasteiger partial charge in [0.05, 0.1) is 17.7 Å². The number of carbonyl (C=O) groups is 1. The monoisotopic (exact) mass is 313 g/mol. The van der Waals surface area contributed by atoms with Crippen LogP contribution in [0.5, 0.6) is 0 Å². The topological polar surface area (TPSA) is 57.0 Å². The Hall–Kier alpha value is -3.45. The highest BCUT2D eigenvalue weighted by molar-refractivity contribution is 6.07. The first kappa shape index (κ1) is 15.4.